The number of nitriles is 1. The summed E-state index contributed by atoms with van der Waals surface area (Å²) in [4.78, 5) is 13.2. The number of benzene rings is 3. The lowest BCUT2D eigenvalue weighted by Crippen LogP contribution is -2.26. The van der Waals surface area contributed by atoms with Gasteiger partial charge in [-0.3, -0.25) is 0 Å². The van der Waals surface area contributed by atoms with E-state index in [0.29, 0.717) is 28.0 Å². The molecule has 30 heavy (non-hydrogen) atoms. The lowest BCUT2D eigenvalue weighted by molar-refractivity contribution is 0.382. The van der Waals surface area contributed by atoms with E-state index in [9.17, 15) is 10.1 Å². The second kappa shape index (κ2) is 6.68. The highest BCUT2D eigenvalue weighted by atomic mass is 16.5. The molecule has 0 fully saturated rings. The lowest BCUT2D eigenvalue weighted by atomic mass is 9.83. The van der Waals surface area contributed by atoms with Gasteiger partial charge in [-0.15, -0.1) is 0 Å². The number of nitrogens with zero attached hydrogens (tertiary/aromatic N) is 1. The third-order valence-electron chi connectivity index (χ3n) is 5.41. The van der Waals surface area contributed by atoms with Crippen molar-refractivity contribution in [2.24, 2.45) is 5.73 Å². The van der Waals surface area contributed by atoms with Gasteiger partial charge in [0, 0.05) is 10.9 Å². The maximum atomic E-state index is 13.2. The first-order valence-electron chi connectivity index (χ1n) is 9.33. The van der Waals surface area contributed by atoms with E-state index in [1.165, 1.54) is 7.11 Å². The van der Waals surface area contributed by atoms with Crippen molar-refractivity contribution in [3.05, 3.63) is 93.7 Å². The molecule has 1 aliphatic heterocycles. The number of allylic oxidation sites excluding steroid dienone is 1. The zero-order valence-corrected chi connectivity index (χ0v) is 16.0. The van der Waals surface area contributed by atoms with Crippen LogP contribution in [0.5, 0.6) is 11.5 Å². The van der Waals surface area contributed by atoms with Crippen LogP contribution in [0, 0.1) is 11.3 Å². The molecule has 5 rings (SSSR count). The molecule has 0 saturated heterocycles. The van der Waals surface area contributed by atoms with Gasteiger partial charge in [0.1, 0.15) is 23.0 Å². The summed E-state index contributed by atoms with van der Waals surface area (Å²) in [6, 6.07) is 20.7. The van der Waals surface area contributed by atoms with Gasteiger partial charge >= 0.3 is 5.63 Å². The Labute approximate surface area is 171 Å². The minimum atomic E-state index is -0.762. The number of fused-ring (bicyclic) bond motifs is 5. The van der Waals surface area contributed by atoms with Crippen LogP contribution in [0.1, 0.15) is 17.0 Å². The van der Waals surface area contributed by atoms with Crippen molar-refractivity contribution >= 4 is 21.7 Å². The van der Waals surface area contributed by atoms with E-state index >= 15 is 0 Å². The average Bonchev–Trinajstić information content (AvgIpc) is 2.78. The molecule has 6 nitrogen and oxygen atoms in total. The number of hydrogen-bond donors (Lipinski definition) is 1. The predicted molar refractivity (Wildman–Crippen MR) is 112 cm³/mol. The van der Waals surface area contributed by atoms with Crippen molar-refractivity contribution in [1.29, 1.82) is 5.26 Å². The molecule has 0 amide bonds. The summed E-state index contributed by atoms with van der Waals surface area (Å²) in [5.74, 6) is 0.0382. The summed E-state index contributed by atoms with van der Waals surface area (Å²) < 4.78 is 17.1. The molecule has 1 unspecified atom stereocenters. The zero-order chi connectivity index (χ0) is 20.8. The van der Waals surface area contributed by atoms with E-state index < -0.39 is 11.5 Å². The first kappa shape index (κ1) is 17.8. The van der Waals surface area contributed by atoms with Crippen LogP contribution < -0.4 is 20.8 Å². The molecule has 0 radical (unpaired) electrons. The number of methoxy groups -OCH3 is 1. The molecular weight excluding hydrogens is 380 g/mol. The lowest BCUT2D eigenvalue weighted by Gasteiger charge is -2.27. The number of rotatable bonds is 2. The number of nitrogens with two attached hydrogens (primary N) is 1. The molecule has 3 aromatic carbocycles. The second-order valence-electron chi connectivity index (χ2n) is 6.96. The molecule has 4 aromatic rings. The van der Waals surface area contributed by atoms with E-state index in [0.717, 1.165) is 10.8 Å². The Bertz CT molecular complexity index is 1460. The first-order valence-corrected chi connectivity index (χ1v) is 9.33. The third-order valence-corrected chi connectivity index (χ3v) is 5.41. The van der Waals surface area contributed by atoms with Crippen LogP contribution in [0.3, 0.4) is 0 Å². The van der Waals surface area contributed by atoms with Gasteiger partial charge in [0.15, 0.2) is 5.75 Å². The largest absolute Gasteiger partial charge is 0.496 e. The van der Waals surface area contributed by atoms with Crippen molar-refractivity contribution < 1.29 is 13.9 Å². The van der Waals surface area contributed by atoms with Crippen molar-refractivity contribution in [2.75, 3.05) is 7.11 Å². The Kier molecular flexibility index (Phi) is 3.97. The highest BCUT2D eigenvalue weighted by Crippen LogP contribution is 2.46. The van der Waals surface area contributed by atoms with Gasteiger partial charge < -0.3 is 19.6 Å². The van der Waals surface area contributed by atoms with Gasteiger partial charge in [-0.1, -0.05) is 48.5 Å². The van der Waals surface area contributed by atoms with E-state index in [-0.39, 0.29) is 17.0 Å². The van der Waals surface area contributed by atoms with E-state index in [4.69, 9.17) is 19.6 Å². The van der Waals surface area contributed by atoms with Gasteiger partial charge in [0.05, 0.1) is 24.0 Å². The van der Waals surface area contributed by atoms with E-state index in [1.807, 2.05) is 48.5 Å². The molecule has 6 heteroatoms. The van der Waals surface area contributed by atoms with Gasteiger partial charge in [-0.2, -0.15) is 5.26 Å². The summed E-state index contributed by atoms with van der Waals surface area (Å²) >= 11 is 0. The topological polar surface area (TPSA) is 98.5 Å². The van der Waals surface area contributed by atoms with Crippen LogP contribution in [0.2, 0.25) is 0 Å². The van der Waals surface area contributed by atoms with Crippen LogP contribution >= 0.6 is 0 Å². The summed E-state index contributed by atoms with van der Waals surface area (Å²) in [7, 11) is 1.53. The molecular formula is C24H16N2O4. The molecule has 0 bridgehead atoms. The van der Waals surface area contributed by atoms with Gasteiger partial charge in [-0.25, -0.2) is 4.79 Å². The molecule has 1 aliphatic rings. The van der Waals surface area contributed by atoms with Crippen LogP contribution in [0.4, 0.5) is 0 Å². The number of para-hydroxylation sites is 1. The van der Waals surface area contributed by atoms with Crippen molar-refractivity contribution in [1.82, 2.24) is 0 Å². The van der Waals surface area contributed by atoms with Gasteiger partial charge in [-0.05, 0) is 17.5 Å². The van der Waals surface area contributed by atoms with E-state index in [2.05, 4.69) is 6.07 Å². The van der Waals surface area contributed by atoms with Gasteiger partial charge in [0.2, 0.25) is 5.88 Å². The fourth-order valence-electron chi connectivity index (χ4n) is 4.06. The highest BCUT2D eigenvalue weighted by Gasteiger charge is 2.37. The monoisotopic (exact) mass is 396 g/mol. The Hall–Kier alpha value is -4.24. The minimum Gasteiger partial charge on any atom is -0.496 e. The predicted octanol–water partition coefficient (Wildman–Crippen LogP) is 4.17. The fraction of sp³-hybridized carbons (Fsp3) is 0.0833. The SMILES string of the molecule is COc1ccccc1C1C(C#N)=C(N)Oc2c1c(=O)oc1c2ccc2ccccc21. The zero-order valence-electron chi connectivity index (χ0n) is 16.0. The molecule has 2 heterocycles. The molecule has 1 atom stereocenters. The van der Waals surface area contributed by atoms with Crippen molar-refractivity contribution in [3.63, 3.8) is 0 Å². The summed E-state index contributed by atoms with van der Waals surface area (Å²) in [6.45, 7) is 0. The Balaban J connectivity index is 1.90. The Morgan fingerprint density at radius 1 is 1.03 bits per heavy atom. The molecule has 2 N–H and O–H groups in total. The van der Waals surface area contributed by atoms with Crippen molar-refractivity contribution in [3.8, 4) is 17.6 Å². The number of hydrogen-bond acceptors (Lipinski definition) is 6. The first-order chi connectivity index (χ1) is 14.6. The fourth-order valence-corrected chi connectivity index (χ4v) is 4.06. The number of ether oxygens (including phenoxy) is 2. The Morgan fingerprint density at radius 2 is 1.80 bits per heavy atom. The molecule has 0 spiro atoms. The molecule has 0 aliphatic carbocycles. The molecule has 0 saturated carbocycles. The van der Waals surface area contributed by atoms with Crippen LogP contribution in [-0.4, -0.2) is 7.11 Å². The van der Waals surface area contributed by atoms with Gasteiger partial charge in [0.25, 0.3) is 0 Å². The van der Waals surface area contributed by atoms with Crippen LogP contribution in [0.25, 0.3) is 21.7 Å². The molecule has 146 valence electrons. The summed E-state index contributed by atoms with van der Waals surface area (Å²) in [5.41, 5.74) is 6.98. The highest BCUT2D eigenvalue weighted by molar-refractivity contribution is 6.06. The summed E-state index contributed by atoms with van der Waals surface area (Å²) in [6.07, 6.45) is 0. The maximum absolute atomic E-state index is 13.2. The molecule has 1 aromatic heterocycles. The smallest absolute Gasteiger partial charge is 0.344 e. The maximum Gasteiger partial charge on any atom is 0.344 e. The average molecular weight is 396 g/mol. The second-order valence-corrected chi connectivity index (χ2v) is 6.96. The van der Waals surface area contributed by atoms with Crippen LogP contribution in [-0.2, 0) is 0 Å². The van der Waals surface area contributed by atoms with E-state index in [1.54, 1.807) is 12.1 Å². The normalized spacial score (nSPS) is 15.5. The summed E-state index contributed by atoms with van der Waals surface area (Å²) in [5, 5.41) is 12.1. The Morgan fingerprint density at radius 3 is 2.60 bits per heavy atom. The standard InChI is InChI=1S/C24H16N2O4/c1-28-18-9-5-4-8-15(18)19-17(12-25)23(26)29-22-16-11-10-13-6-2-3-7-14(13)21(16)30-24(27)20(19)22/h2-11,19H,26H2,1H3. The minimum absolute atomic E-state index is 0.0408. The van der Waals surface area contributed by atoms with Crippen molar-refractivity contribution in [2.45, 2.75) is 5.92 Å². The third kappa shape index (κ3) is 2.46. The van der Waals surface area contributed by atoms with Crippen LogP contribution in [0.15, 0.2) is 81.3 Å². The quantitative estimate of drug-likeness (QED) is 0.403.